The minimum atomic E-state index is -0.0427. The normalized spacial score (nSPS) is 14.1. The highest BCUT2D eigenvalue weighted by molar-refractivity contribution is 5.94. The van der Waals surface area contributed by atoms with Gasteiger partial charge in [-0.25, -0.2) is 4.52 Å². The van der Waals surface area contributed by atoms with Crippen LogP contribution in [0.15, 0.2) is 66.9 Å². The molecular formula is C26H28N6O2. The molecule has 0 radical (unpaired) electrons. The van der Waals surface area contributed by atoms with Gasteiger partial charge in [-0.3, -0.25) is 4.79 Å². The van der Waals surface area contributed by atoms with E-state index in [0.717, 1.165) is 60.7 Å². The van der Waals surface area contributed by atoms with Crippen LogP contribution in [0.2, 0.25) is 0 Å². The van der Waals surface area contributed by atoms with Crippen molar-refractivity contribution in [1.82, 2.24) is 25.2 Å². The summed E-state index contributed by atoms with van der Waals surface area (Å²) in [5, 5.41) is 14.2. The first-order valence-electron chi connectivity index (χ1n) is 11.6. The van der Waals surface area contributed by atoms with Crippen molar-refractivity contribution in [3.8, 4) is 16.9 Å². The summed E-state index contributed by atoms with van der Waals surface area (Å²) in [6.45, 7) is 2.78. The first-order valence-corrected chi connectivity index (χ1v) is 11.6. The number of fused-ring (bicyclic) bond motifs is 1. The Morgan fingerprint density at radius 1 is 1.12 bits per heavy atom. The molecule has 8 nitrogen and oxygen atoms in total. The maximum atomic E-state index is 12.5. The molecule has 8 heteroatoms. The highest BCUT2D eigenvalue weighted by atomic mass is 16.5. The van der Waals surface area contributed by atoms with Gasteiger partial charge >= 0.3 is 0 Å². The molecule has 0 aliphatic carbocycles. The minimum absolute atomic E-state index is 0.0427. The van der Waals surface area contributed by atoms with Gasteiger partial charge in [-0.15, -0.1) is 5.10 Å². The third-order valence-electron chi connectivity index (χ3n) is 6.16. The fraction of sp³-hybridized carbons (Fsp3) is 0.269. The number of hydrogen-bond donors (Lipinski definition) is 3. The number of anilines is 2. The van der Waals surface area contributed by atoms with E-state index in [0.29, 0.717) is 17.4 Å². The molecule has 0 atom stereocenters. The molecule has 0 unspecified atom stereocenters. The van der Waals surface area contributed by atoms with E-state index < -0.39 is 0 Å². The molecular weight excluding hydrogens is 428 g/mol. The number of rotatable bonds is 7. The number of ether oxygens (including phenoxy) is 1. The van der Waals surface area contributed by atoms with E-state index >= 15 is 0 Å². The minimum Gasteiger partial charge on any atom is -0.497 e. The third-order valence-corrected chi connectivity index (χ3v) is 6.16. The van der Waals surface area contributed by atoms with Crippen LogP contribution in [0.5, 0.6) is 5.75 Å². The summed E-state index contributed by atoms with van der Waals surface area (Å²) in [5.41, 5.74) is 4.16. The van der Waals surface area contributed by atoms with Crippen molar-refractivity contribution >= 4 is 23.2 Å². The standard InChI is InChI=1S/C26H28N6O2/c1-34-22-5-2-4-20(16-22)23-6-3-15-32-24(23)30-26(31-32)29-21-9-7-19(8-10-21)25(33)28-17-18-11-13-27-14-12-18/h2-10,15-16,18,27H,11-14,17H2,1H3,(H,28,33)(H,29,31). The number of methoxy groups -OCH3 is 1. The zero-order valence-corrected chi connectivity index (χ0v) is 19.1. The van der Waals surface area contributed by atoms with Crippen molar-refractivity contribution in [1.29, 1.82) is 0 Å². The first kappa shape index (κ1) is 21.9. The van der Waals surface area contributed by atoms with Crippen LogP contribution in [0.25, 0.3) is 16.8 Å². The Kier molecular flexibility index (Phi) is 6.40. The average Bonchev–Trinajstić information content (AvgIpc) is 3.31. The Hall–Kier alpha value is -3.91. The second-order valence-corrected chi connectivity index (χ2v) is 8.46. The molecule has 34 heavy (non-hydrogen) atoms. The topological polar surface area (TPSA) is 92.6 Å². The monoisotopic (exact) mass is 456 g/mol. The Morgan fingerprint density at radius 2 is 1.94 bits per heavy atom. The van der Waals surface area contributed by atoms with E-state index in [9.17, 15) is 4.79 Å². The van der Waals surface area contributed by atoms with Gasteiger partial charge in [0.05, 0.1) is 7.11 Å². The molecule has 2 aromatic heterocycles. The summed E-state index contributed by atoms with van der Waals surface area (Å²) in [6, 6.07) is 19.2. The van der Waals surface area contributed by atoms with Crippen molar-refractivity contribution in [3.63, 3.8) is 0 Å². The molecule has 1 aliphatic heterocycles. The number of pyridine rings is 1. The van der Waals surface area contributed by atoms with Crippen LogP contribution in [-0.4, -0.2) is 47.2 Å². The lowest BCUT2D eigenvalue weighted by molar-refractivity contribution is 0.0944. The molecule has 5 rings (SSSR count). The molecule has 4 aromatic rings. The van der Waals surface area contributed by atoms with Gasteiger partial charge in [-0.05, 0) is 85.9 Å². The summed E-state index contributed by atoms with van der Waals surface area (Å²) < 4.78 is 7.11. The molecule has 1 aliphatic rings. The molecule has 3 heterocycles. The fourth-order valence-corrected chi connectivity index (χ4v) is 4.23. The molecule has 0 bridgehead atoms. The van der Waals surface area contributed by atoms with Crippen molar-refractivity contribution in [2.24, 2.45) is 5.92 Å². The molecule has 174 valence electrons. The van der Waals surface area contributed by atoms with E-state index in [2.05, 4.69) is 21.0 Å². The van der Waals surface area contributed by atoms with Gasteiger partial charge < -0.3 is 20.7 Å². The second kappa shape index (κ2) is 9.93. The van der Waals surface area contributed by atoms with Gasteiger partial charge in [0.25, 0.3) is 5.91 Å². The molecule has 0 saturated carbocycles. The summed E-state index contributed by atoms with van der Waals surface area (Å²) in [6.07, 6.45) is 4.08. The Labute approximate surface area is 198 Å². The molecule has 1 saturated heterocycles. The predicted octanol–water partition coefficient (Wildman–Crippen LogP) is 3.88. The van der Waals surface area contributed by atoms with Gasteiger partial charge in [0.1, 0.15) is 5.75 Å². The third kappa shape index (κ3) is 4.87. The van der Waals surface area contributed by atoms with E-state index in [4.69, 9.17) is 9.72 Å². The van der Waals surface area contributed by atoms with Crippen LogP contribution in [0, 0.1) is 5.92 Å². The van der Waals surface area contributed by atoms with Gasteiger partial charge in [-0.2, -0.15) is 4.98 Å². The molecule has 1 amide bonds. The zero-order chi connectivity index (χ0) is 23.3. The molecule has 0 spiro atoms. The Morgan fingerprint density at radius 3 is 2.74 bits per heavy atom. The summed E-state index contributed by atoms with van der Waals surface area (Å²) >= 11 is 0. The van der Waals surface area contributed by atoms with E-state index in [1.807, 2.05) is 66.9 Å². The van der Waals surface area contributed by atoms with Gasteiger partial charge in [0.2, 0.25) is 5.95 Å². The number of piperidine rings is 1. The number of nitrogens with zero attached hydrogens (tertiary/aromatic N) is 3. The predicted molar refractivity (Wildman–Crippen MR) is 133 cm³/mol. The van der Waals surface area contributed by atoms with Crippen molar-refractivity contribution in [2.75, 3.05) is 32.1 Å². The van der Waals surface area contributed by atoms with Crippen molar-refractivity contribution < 1.29 is 9.53 Å². The summed E-state index contributed by atoms with van der Waals surface area (Å²) in [7, 11) is 1.65. The Bertz CT molecular complexity index is 1280. The number of carbonyl (C=O) groups excluding carboxylic acids is 1. The smallest absolute Gasteiger partial charge is 0.251 e. The van der Waals surface area contributed by atoms with Crippen molar-refractivity contribution in [3.05, 3.63) is 72.4 Å². The SMILES string of the molecule is COc1cccc(-c2cccn3nc(Nc4ccc(C(=O)NCC5CCNCC5)cc4)nc23)c1. The lowest BCUT2D eigenvalue weighted by Gasteiger charge is -2.22. The van der Waals surface area contributed by atoms with E-state index in [1.54, 1.807) is 11.6 Å². The first-order chi connectivity index (χ1) is 16.7. The average molecular weight is 457 g/mol. The highest BCUT2D eigenvalue weighted by Gasteiger charge is 2.15. The maximum Gasteiger partial charge on any atom is 0.251 e. The lowest BCUT2D eigenvalue weighted by Crippen LogP contribution is -2.35. The zero-order valence-electron chi connectivity index (χ0n) is 19.1. The number of nitrogens with one attached hydrogen (secondary N) is 3. The van der Waals surface area contributed by atoms with Crippen LogP contribution in [0.3, 0.4) is 0 Å². The van der Waals surface area contributed by atoms with Crippen LogP contribution in [-0.2, 0) is 0 Å². The second-order valence-electron chi connectivity index (χ2n) is 8.46. The Balaban J connectivity index is 1.28. The number of aromatic nitrogens is 3. The van der Waals surface area contributed by atoms with Crippen LogP contribution in [0.1, 0.15) is 23.2 Å². The number of benzene rings is 2. The summed E-state index contributed by atoms with van der Waals surface area (Å²) in [4.78, 5) is 17.2. The van der Waals surface area contributed by atoms with Gasteiger partial charge in [-0.1, -0.05) is 12.1 Å². The van der Waals surface area contributed by atoms with Crippen LogP contribution < -0.4 is 20.7 Å². The lowest BCUT2D eigenvalue weighted by atomic mass is 9.98. The van der Waals surface area contributed by atoms with E-state index in [1.165, 1.54) is 0 Å². The van der Waals surface area contributed by atoms with Crippen LogP contribution >= 0.6 is 0 Å². The fourth-order valence-electron chi connectivity index (χ4n) is 4.23. The van der Waals surface area contributed by atoms with Gasteiger partial charge in [0, 0.05) is 29.6 Å². The molecule has 3 N–H and O–H groups in total. The largest absolute Gasteiger partial charge is 0.497 e. The number of amides is 1. The molecule has 2 aromatic carbocycles. The van der Waals surface area contributed by atoms with E-state index in [-0.39, 0.29) is 5.91 Å². The summed E-state index contributed by atoms with van der Waals surface area (Å²) in [5.74, 6) is 1.78. The van der Waals surface area contributed by atoms with Gasteiger partial charge in [0.15, 0.2) is 5.65 Å². The number of carbonyl (C=O) groups is 1. The maximum absolute atomic E-state index is 12.5. The highest BCUT2D eigenvalue weighted by Crippen LogP contribution is 2.27. The quantitative estimate of drug-likeness (QED) is 0.391. The van der Waals surface area contributed by atoms with Crippen LogP contribution in [0.4, 0.5) is 11.6 Å². The molecule has 1 fully saturated rings. The van der Waals surface area contributed by atoms with Crippen molar-refractivity contribution in [2.45, 2.75) is 12.8 Å². The number of hydrogen-bond acceptors (Lipinski definition) is 6.